The quantitative estimate of drug-likeness (QED) is 0.517. The van der Waals surface area contributed by atoms with Crippen molar-refractivity contribution in [2.75, 3.05) is 30.9 Å². The summed E-state index contributed by atoms with van der Waals surface area (Å²) in [4.78, 5) is 32.0. The minimum absolute atomic E-state index is 0.0354. The second kappa shape index (κ2) is 9.55. The van der Waals surface area contributed by atoms with Gasteiger partial charge in [0.05, 0.1) is 12.1 Å². The SMILES string of the molecule is CON(C)S(=O)(=O)c1cc(C(=O)Nc2ccc(C(=O)N3CCc4ccccc43)cc2)ccc1Cl. The number of sulfonamides is 1. The van der Waals surface area contributed by atoms with E-state index < -0.39 is 15.9 Å². The molecule has 1 aliphatic rings. The molecule has 0 spiro atoms. The lowest BCUT2D eigenvalue weighted by Crippen LogP contribution is -2.28. The van der Waals surface area contributed by atoms with Crippen LogP contribution in [0.5, 0.6) is 0 Å². The minimum atomic E-state index is -4.04. The molecule has 0 unspecified atom stereocenters. The Bertz CT molecular complexity index is 1360. The van der Waals surface area contributed by atoms with Crippen LogP contribution in [0.2, 0.25) is 5.02 Å². The molecule has 2 amide bonds. The number of anilines is 2. The van der Waals surface area contributed by atoms with Crippen LogP contribution in [0, 0.1) is 0 Å². The van der Waals surface area contributed by atoms with Crippen LogP contribution < -0.4 is 10.2 Å². The van der Waals surface area contributed by atoms with Crippen LogP contribution in [0.15, 0.2) is 71.6 Å². The third-order valence-electron chi connectivity index (χ3n) is 5.59. The van der Waals surface area contributed by atoms with Gasteiger partial charge in [-0.05, 0) is 60.5 Å². The summed E-state index contributed by atoms with van der Waals surface area (Å²) < 4.78 is 25.8. The van der Waals surface area contributed by atoms with Crippen LogP contribution in [-0.2, 0) is 21.3 Å². The predicted octanol–water partition coefficient (Wildman–Crippen LogP) is 3.98. The van der Waals surface area contributed by atoms with Gasteiger partial charge in [0.2, 0.25) is 0 Å². The van der Waals surface area contributed by atoms with E-state index in [-0.39, 0.29) is 21.4 Å². The Balaban J connectivity index is 1.50. The third kappa shape index (κ3) is 4.55. The first-order valence-corrected chi connectivity index (χ1v) is 12.2. The Morgan fingerprint density at radius 2 is 1.71 bits per heavy atom. The van der Waals surface area contributed by atoms with Gasteiger partial charge >= 0.3 is 0 Å². The Labute approximate surface area is 202 Å². The molecule has 1 heterocycles. The zero-order chi connectivity index (χ0) is 24.5. The number of carbonyl (C=O) groups is 2. The first kappa shape index (κ1) is 23.9. The number of fused-ring (bicyclic) bond motifs is 1. The average molecular weight is 500 g/mol. The predicted molar refractivity (Wildman–Crippen MR) is 130 cm³/mol. The van der Waals surface area contributed by atoms with Gasteiger partial charge < -0.3 is 10.2 Å². The molecule has 3 aromatic rings. The van der Waals surface area contributed by atoms with Crippen molar-refractivity contribution in [3.63, 3.8) is 0 Å². The van der Waals surface area contributed by atoms with Crippen LogP contribution in [0.1, 0.15) is 26.3 Å². The molecular formula is C24H22ClN3O5S. The van der Waals surface area contributed by atoms with E-state index in [9.17, 15) is 18.0 Å². The first-order chi connectivity index (χ1) is 16.2. The Morgan fingerprint density at radius 1 is 1.03 bits per heavy atom. The van der Waals surface area contributed by atoms with Crippen molar-refractivity contribution in [2.24, 2.45) is 0 Å². The molecule has 1 aliphatic heterocycles. The smallest absolute Gasteiger partial charge is 0.266 e. The molecule has 0 aliphatic carbocycles. The number of para-hydroxylation sites is 1. The summed E-state index contributed by atoms with van der Waals surface area (Å²) >= 11 is 6.05. The van der Waals surface area contributed by atoms with Gasteiger partial charge in [0.15, 0.2) is 0 Å². The van der Waals surface area contributed by atoms with Gasteiger partial charge in [0.25, 0.3) is 21.8 Å². The van der Waals surface area contributed by atoms with Crippen molar-refractivity contribution in [1.29, 1.82) is 0 Å². The van der Waals surface area contributed by atoms with Crippen molar-refractivity contribution < 1.29 is 22.8 Å². The number of hydrogen-bond donors (Lipinski definition) is 1. The van der Waals surface area contributed by atoms with Gasteiger partial charge in [-0.2, -0.15) is 0 Å². The molecule has 176 valence electrons. The molecule has 0 saturated carbocycles. The van der Waals surface area contributed by atoms with Gasteiger partial charge in [-0.15, -0.1) is 0 Å². The van der Waals surface area contributed by atoms with Gasteiger partial charge in [-0.25, -0.2) is 8.42 Å². The summed E-state index contributed by atoms with van der Waals surface area (Å²) in [5, 5.41) is 2.67. The normalized spacial score (nSPS) is 13.1. The fraction of sp³-hybridized carbons (Fsp3) is 0.167. The number of amides is 2. The topological polar surface area (TPSA) is 96.0 Å². The van der Waals surface area contributed by atoms with Gasteiger partial charge in [-0.1, -0.05) is 34.3 Å². The summed E-state index contributed by atoms with van der Waals surface area (Å²) in [5.74, 6) is -0.640. The molecule has 10 heteroatoms. The fourth-order valence-corrected chi connectivity index (χ4v) is 5.16. The monoisotopic (exact) mass is 499 g/mol. The van der Waals surface area contributed by atoms with E-state index in [4.69, 9.17) is 16.4 Å². The maximum atomic E-state index is 13.0. The molecule has 4 rings (SSSR count). The summed E-state index contributed by atoms with van der Waals surface area (Å²) in [5.41, 5.74) is 3.11. The van der Waals surface area contributed by atoms with E-state index in [1.807, 2.05) is 24.3 Å². The number of hydrogen-bond acceptors (Lipinski definition) is 5. The lowest BCUT2D eigenvalue weighted by atomic mass is 10.1. The number of benzene rings is 3. The van der Waals surface area contributed by atoms with Crippen LogP contribution in [0.4, 0.5) is 11.4 Å². The molecule has 34 heavy (non-hydrogen) atoms. The van der Waals surface area contributed by atoms with E-state index in [2.05, 4.69) is 5.32 Å². The molecule has 0 bridgehead atoms. The Morgan fingerprint density at radius 3 is 2.41 bits per heavy atom. The highest BCUT2D eigenvalue weighted by Crippen LogP contribution is 2.29. The molecule has 0 atom stereocenters. The molecule has 0 fully saturated rings. The number of nitrogens with one attached hydrogen (secondary N) is 1. The van der Waals surface area contributed by atoms with E-state index in [0.717, 1.165) is 17.7 Å². The highest BCUT2D eigenvalue weighted by Gasteiger charge is 2.26. The second-order valence-corrected chi connectivity index (χ2v) is 9.92. The molecule has 3 aromatic carbocycles. The first-order valence-electron chi connectivity index (χ1n) is 10.4. The number of carbonyl (C=O) groups excluding carboxylic acids is 2. The van der Waals surface area contributed by atoms with Crippen LogP contribution in [0.25, 0.3) is 0 Å². The van der Waals surface area contributed by atoms with Gasteiger partial charge in [-0.3, -0.25) is 14.4 Å². The molecule has 0 radical (unpaired) electrons. The number of rotatable bonds is 6. The van der Waals surface area contributed by atoms with Crippen LogP contribution in [-0.4, -0.2) is 45.4 Å². The molecule has 0 saturated heterocycles. The maximum Gasteiger partial charge on any atom is 0.266 e. The lowest BCUT2D eigenvalue weighted by molar-refractivity contribution is -0.0258. The maximum absolute atomic E-state index is 13.0. The Hall–Kier alpha value is -3.24. The highest BCUT2D eigenvalue weighted by atomic mass is 35.5. The number of nitrogens with zero attached hydrogens (tertiary/aromatic N) is 2. The highest BCUT2D eigenvalue weighted by molar-refractivity contribution is 7.89. The van der Waals surface area contributed by atoms with Crippen molar-refractivity contribution in [3.05, 3.63) is 88.4 Å². The molecule has 1 N–H and O–H groups in total. The number of hydroxylamine groups is 1. The largest absolute Gasteiger partial charge is 0.322 e. The summed E-state index contributed by atoms with van der Waals surface area (Å²) in [6, 6.07) is 18.3. The average Bonchev–Trinajstić information content (AvgIpc) is 3.27. The molecule has 0 aromatic heterocycles. The molecule has 8 nitrogen and oxygen atoms in total. The van der Waals surface area contributed by atoms with E-state index in [1.54, 1.807) is 29.2 Å². The third-order valence-corrected chi connectivity index (χ3v) is 7.75. The van der Waals surface area contributed by atoms with E-state index in [1.165, 1.54) is 32.4 Å². The number of halogens is 1. The standard InChI is InChI=1S/C24H22ClN3O5S/c1-27(33-2)34(31,32)22-15-18(9-12-20(22)25)23(29)26-19-10-7-17(8-11-19)24(30)28-14-13-16-5-3-4-6-21(16)28/h3-12,15H,13-14H2,1-2H3,(H,26,29). The van der Waals surface area contributed by atoms with E-state index >= 15 is 0 Å². The molecular weight excluding hydrogens is 478 g/mol. The van der Waals surface area contributed by atoms with Crippen molar-refractivity contribution in [2.45, 2.75) is 11.3 Å². The van der Waals surface area contributed by atoms with E-state index in [0.29, 0.717) is 22.3 Å². The van der Waals surface area contributed by atoms with Crippen molar-refractivity contribution >= 4 is 44.8 Å². The Kier molecular flexibility index (Phi) is 6.72. The zero-order valence-corrected chi connectivity index (χ0v) is 20.1. The van der Waals surface area contributed by atoms with Crippen LogP contribution >= 0.6 is 11.6 Å². The lowest BCUT2D eigenvalue weighted by Gasteiger charge is -2.17. The van der Waals surface area contributed by atoms with Gasteiger partial charge in [0.1, 0.15) is 4.90 Å². The summed E-state index contributed by atoms with van der Waals surface area (Å²) in [6.07, 6.45) is 0.815. The summed E-state index contributed by atoms with van der Waals surface area (Å²) in [7, 11) is -1.60. The van der Waals surface area contributed by atoms with Crippen molar-refractivity contribution in [3.8, 4) is 0 Å². The van der Waals surface area contributed by atoms with Crippen LogP contribution in [0.3, 0.4) is 0 Å². The second-order valence-electron chi connectivity index (χ2n) is 7.61. The summed E-state index contributed by atoms with van der Waals surface area (Å²) in [6.45, 7) is 0.622. The fourth-order valence-electron chi connectivity index (χ4n) is 3.68. The minimum Gasteiger partial charge on any atom is -0.322 e. The van der Waals surface area contributed by atoms with Gasteiger partial charge in [0, 0.05) is 36.1 Å². The zero-order valence-electron chi connectivity index (χ0n) is 18.5. The van der Waals surface area contributed by atoms with Crippen molar-refractivity contribution in [1.82, 2.24) is 4.47 Å².